The van der Waals surface area contributed by atoms with Crippen molar-refractivity contribution in [3.8, 4) is 5.75 Å². The van der Waals surface area contributed by atoms with Gasteiger partial charge < -0.3 is 4.74 Å². The summed E-state index contributed by atoms with van der Waals surface area (Å²) >= 11 is 4.10. The van der Waals surface area contributed by atoms with Crippen LogP contribution in [0.4, 0.5) is 4.79 Å². The van der Waals surface area contributed by atoms with Crippen molar-refractivity contribution >= 4 is 24.8 Å². The van der Waals surface area contributed by atoms with Gasteiger partial charge in [0.25, 0.3) is 5.91 Å². The van der Waals surface area contributed by atoms with E-state index in [1.807, 2.05) is 36.4 Å². The van der Waals surface area contributed by atoms with Gasteiger partial charge in [0.05, 0.1) is 0 Å². The van der Waals surface area contributed by atoms with Crippen LogP contribution in [-0.2, 0) is 11.2 Å². The minimum absolute atomic E-state index is 0.226. The molecule has 23 heavy (non-hydrogen) atoms. The Morgan fingerprint density at radius 3 is 2.26 bits per heavy atom. The van der Waals surface area contributed by atoms with Gasteiger partial charge in [0.2, 0.25) is 0 Å². The Morgan fingerprint density at radius 1 is 1.00 bits per heavy atom. The highest BCUT2D eigenvalue weighted by molar-refractivity contribution is 7.78. The number of para-hydroxylation sites is 1. The van der Waals surface area contributed by atoms with Gasteiger partial charge in [0.1, 0.15) is 5.75 Å². The fourth-order valence-electron chi connectivity index (χ4n) is 1.87. The Hall–Kier alpha value is -2.47. The highest BCUT2D eigenvalue weighted by Gasteiger charge is 2.13. The van der Waals surface area contributed by atoms with E-state index in [2.05, 4.69) is 18.1 Å². The molecule has 0 unspecified atom stereocenters. The van der Waals surface area contributed by atoms with Crippen LogP contribution in [0.25, 0.3) is 0 Å². The van der Waals surface area contributed by atoms with E-state index in [1.165, 1.54) is 4.31 Å². The van der Waals surface area contributed by atoms with Crippen LogP contribution in [0.3, 0.4) is 0 Å². The van der Waals surface area contributed by atoms with Crippen molar-refractivity contribution in [2.24, 2.45) is 0 Å². The fraction of sp³-hybridized carbons (Fsp3) is 0.176. The van der Waals surface area contributed by atoms with Gasteiger partial charge in [-0.15, -0.1) is 0 Å². The van der Waals surface area contributed by atoms with Crippen molar-refractivity contribution < 1.29 is 14.3 Å². The van der Waals surface area contributed by atoms with E-state index in [9.17, 15) is 9.59 Å². The highest BCUT2D eigenvalue weighted by Crippen LogP contribution is 2.07. The lowest BCUT2D eigenvalue weighted by atomic mass is 10.1. The first-order valence-electron chi connectivity index (χ1n) is 7.17. The SMILES string of the molecule is O=C(COc1ccccc1)NC(=O)N(S)CCc1ccccc1. The monoisotopic (exact) mass is 330 g/mol. The standard InChI is InChI=1S/C17H18N2O3S/c20-16(13-22-15-9-5-2-6-10-15)18-17(21)19(23)12-11-14-7-3-1-4-8-14/h1-10,23H,11-13H2,(H,18,20,21). The largest absolute Gasteiger partial charge is 0.484 e. The zero-order valence-corrected chi connectivity index (χ0v) is 13.4. The summed E-state index contributed by atoms with van der Waals surface area (Å²) in [5.41, 5.74) is 1.10. The lowest BCUT2D eigenvalue weighted by Crippen LogP contribution is -2.41. The third kappa shape index (κ3) is 6.04. The molecule has 0 radical (unpaired) electrons. The summed E-state index contributed by atoms with van der Waals surface area (Å²) in [6, 6.07) is 18.1. The number of rotatable bonds is 6. The first-order chi connectivity index (χ1) is 11.1. The van der Waals surface area contributed by atoms with E-state index in [0.29, 0.717) is 18.7 Å². The number of hydrogen-bond donors (Lipinski definition) is 2. The molecule has 0 fully saturated rings. The minimum atomic E-state index is -0.564. The minimum Gasteiger partial charge on any atom is -0.484 e. The van der Waals surface area contributed by atoms with Gasteiger partial charge in [-0.05, 0) is 24.1 Å². The lowest BCUT2D eigenvalue weighted by molar-refractivity contribution is -0.122. The summed E-state index contributed by atoms with van der Waals surface area (Å²) in [4.78, 5) is 23.5. The summed E-state index contributed by atoms with van der Waals surface area (Å²) in [5.74, 6) is 0.0551. The molecule has 0 aliphatic heterocycles. The maximum Gasteiger partial charge on any atom is 0.333 e. The van der Waals surface area contributed by atoms with Crippen molar-refractivity contribution in [1.82, 2.24) is 9.62 Å². The Balaban J connectivity index is 1.71. The van der Waals surface area contributed by atoms with Crippen LogP contribution < -0.4 is 10.1 Å². The van der Waals surface area contributed by atoms with Crippen molar-refractivity contribution in [3.63, 3.8) is 0 Å². The van der Waals surface area contributed by atoms with Gasteiger partial charge in [0, 0.05) is 6.54 Å². The number of hydrogen-bond acceptors (Lipinski definition) is 4. The average Bonchev–Trinajstić information content (AvgIpc) is 2.59. The molecule has 5 nitrogen and oxygen atoms in total. The van der Waals surface area contributed by atoms with Gasteiger partial charge in [0.15, 0.2) is 6.61 Å². The van der Waals surface area contributed by atoms with Crippen molar-refractivity contribution in [1.29, 1.82) is 0 Å². The predicted octanol–water partition coefficient (Wildman–Crippen LogP) is 2.69. The highest BCUT2D eigenvalue weighted by atomic mass is 32.1. The first kappa shape index (κ1) is 16.9. The number of carbonyl (C=O) groups is 2. The van der Waals surface area contributed by atoms with Crippen LogP contribution >= 0.6 is 12.8 Å². The predicted molar refractivity (Wildman–Crippen MR) is 91.3 cm³/mol. The lowest BCUT2D eigenvalue weighted by Gasteiger charge is -2.16. The van der Waals surface area contributed by atoms with E-state index < -0.39 is 11.9 Å². The van der Waals surface area contributed by atoms with Gasteiger partial charge in [-0.2, -0.15) is 0 Å². The Bertz CT molecular complexity index is 635. The van der Waals surface area contributed by atoms with Gasteiger partial charge in [-0.3, -0.25) is 14.4 Å². The summed E-state index contributed by atoms with van der Waals surface area (Å²) in [6.45, 7) is 0.168. The Morgan fingerprint density at radius 2 is 1.61 bits per heavy atom. The van der Waals surface area contributed by atoms with Crippen molar-refractivity contribution in [2.45, 2.75) is 6.42 Å². The van der Waals surface area contributed by atoms with E-state index >= 15 is 0 Å². The molecule has 0 heterocycles. The van der Waals surface area contributed by atoms with Gasteiger partial charge >= 0.3 is 6.03 Å². The quantitative estimate of drug-likeness (QED) is 0.801. The number of amides is 3. The van der Waals surface area contributed by atoms with Crippen LogP contribution in [0.2, 0.25) is 0 Å². The van der Waals surface area contributed by atoms with Crippen LogP contribution in [0.1, 0.15) is 5.56 Å². The molecule has 0 aliphatic carbocycles. The zero-order valence-electron chi connectivity index (χ0n) is 12.5. The number of nitrogens with zero attached hydrogens (tertiary/aromatic N) is 1. The molecule has 0 saturated carbocycles. The van der Waals surface area contributed by atoms with Crippen LogP contribution in [0, 0.1) is 0 Å². The summed E-state index contributed by atoms with van der Waals surface area (Å²) in [7, 11) is 0. The molecular weight excluding hydrogens is 312 g/mol. The molecule has 120 valence electrons. The first-order valence-corrected chi connectivity index (χ1v) is 7.57. The van der Waals surface area contributed by atoms with Crippen molar-refractivity contribution in [2.75, 3.05) is 13.2 Å². The number of nitrogens with one attached hydrogen (secondary N) is 1. The second-order valence-corrected chi connectivity index (χ2v) is 5.30. The molecule has 2 rings (SSSR count). The molecular formula is C17H18N2O3S. The molecule has 0 saturated heterocycles. The smallest absolute Gasteiger partial charge is 0.333 e. The summed E-state index contributed by atoms with van der Waals surface area (Å²) < 4.78 is 6.44. The number of imide groups is 1. The third-order valence-electron chi connectivity index (χ3n) is 3.05. The number of ether oxygens (including phenoxy) is 1. The molecule has 0 bridgehead atoms. The number of thiol groups is 1. The summed E-state index contributed by atoms with van der Waals surface area (Å²) in [6.07, 6.45) is 0.659. The molecule has 2 aromatic carbocycles. The molecule has 3 amide bonds. The van der Waals surface area contributed by atoms with E-state index in [1.54, 1.807) is 24.3 Å². The maximum absolute atomic E-state index is 11.8. The summed E-state index contributed by atoms with van der Waals surface area (Å²) in [5, 5.41) is 2.23. The second-order valence-electron chi connectivity index (χ2n) is 4.81. The molecule has 6 heteroatoms. The van der Waals surface area contributed by atoms with Crippen LogP contribution in [0.5, 0.6) is 5.75 Å². The van der Waals surface area contributed by atoms with Crippen LogP contribution in [0.15, 0.2) is 60.7 Å². The molecule has 0 spiro atoms. The van der Waals surface area contributed by atoms with E-state index in [-0.39, 0.29) is 6.61 Å². The van der Waals surface area contributed by atoms with E-state index in [0.717, 1.165) is 5.56 Å². The van der Waals surface area contributed by atoms with Gasteiger partial charge in [-0.25, -0.2) is 4.79 Å². The maximum atomic E-state index is 11.8. The van der Waals surface area contributed by atoms with Crippen molar-refractivity contribution in [3.05, 3.63) is 66.2 Å². The fourth-order valence-corrected chi connectivity index (χ4v) is 2.02. The number of benzene rings is 2. The normalized spacial score (nSPS) is 9.96. The zero-order chi connectivity index (χ0) is 16.5. The Kier molecular flexibility index (Phi) is 6.50. The average molecular weight is 330 g/mol. The molecule has 0 atom stereocenters. The topological polar surface area (TPSA) is 58.6 Å². The number of urea groups is 1. The van der Waals surface area contributed by atoms with E-state index in [4.69, 9.17) is 4.74 Å². The number of carbonyl (C=O) groups excluding carboxylic acids is 2. The van der Waals surface area contributed by atoms with Crippen LogP contribution in [-0.4, -0.2) is 29.4 Å². The Labute approximate surface area is 140 Å². The molecule has 1 N–H and O–H groups in total. The molecule has 2 aromatic rings. The molecule has 0 aromatic heterocycles. The van der Waals surface area contributed by atoms with Gasteiger partial charge in [-0.1, -0.05) is 61.3 Å². The molecule has 0 aliphatic rings. The second kappa shape index (κ2) is 8.85. The third-order valence-corrected chi connectivity index (χ3v) is 3.43.